The van der Waals surface area contributed by atoms with Crippen LogP contribution in [0.25, 0.3) is 0 Å². The van der Waals surface area contributed by atoms with Crippen LogP contribution in [-0.2, 0) is 6.42 Å². The maximum atomic E-state index is 2.30. The molecule has 2 rings (SSSR count). The third-order valence-corrected chi connectivity index (χ3v) is 3.37. The third-order valence-electron chi connectivity index (χ3n) is 3.37. The van der Waals surface area contributed by atoms with Crippen LogP contribution in [0.1, 0.15) is 57.1 Å². The van der Waals surface area contributed by atoms with Gasteiger partial charge in [-0.2, -0.15) is 0 Å². The first-order valence-corrected chi connectivity index (χ1v) is 6.90. The Bertz CT molecular complexity index is 265. The van der Waals surface area contributed by atoms with Crippen LogP contribution in [0.4, 0.5) is 0 Å². The van der Waals surface area contributed by atoms with Gasteiger partial charge in [0.15, 0.2) is 0 Å². The van der Waals surface area contributed by atoms with Crippen LogP contribution < -0.4 is 0 Å². The van der Waals surface area contributed by atoms with E-state index in [1.165, 1.54) is 49.7 Å². The van der Waals surface area contributed by atoms with Gasteiger partial charge in [0, 0.05) is 0 Å². The lowest BCUT2D eigenvalue weighted by Crippen LogP contribution is -2.09. The number of hydrogen-bond donors (Lipinski definition) is 0. The zero-order valence-corrected chi connectivity index (χ0v) is 11.1. The first kappa shape index (κ1) is 13.3. The quantitative estimate of drug-likeness (QED) is 0.644. The minimum atomic E-state index is 0.964. The second-order valence-corrected chi connectivity index (χ2v) is 4.69. The molecule has 0 spiro atoms. The molecule has 1 aromatic carbocycles. The van der Waals surface area contributed by atoms with Crippen LogP contribution in [0.5, 0.6) is 0 Å². The lowest BCUT2D eigenvalue weighted by atomic mass is 9.85. The van der Waals surface area contributed by atoms with Crippen LogP contribution in [-0.4, -0.2) is 0 Å². The molecule has 0 nitrogen and oxygen atoms in total. The second-order valence-electron chi connectivity index (χ2n) is 4.69. The highest BCUT2D eigenvalue weighted by atomic mass is 14.2. The van der Waals surface area contributed by atoms with E-state index in [-0.39, 0.29) is 0 Å². The zero-order chi connectivity index (χ0) is 11.8. The molecule has 0 heteroatoms. The standard InChI is InChI=1S/C14H20.C2H6/c1-12-7-9-14(10-8-12)11-13-5-3-2-4-6-13;1-2/h7-10,13H,2-6,11H2,1H3;1-2H3. The Morgan fingerprint density at radius 2 is 1.50 bits per heavy atom. The summed E-state index contributed by atoms with van der Waals surface area (Å²) in [5, 5.41) is 0. The van der Waals surface area contributed by atoms with E-state index in [0.717, 1.165) is 5.92 Å². The van der Waals surface area contributed by atoms with Crippen LogP contribution in [0.3, 0.4) is 0 Å². The van der Waals surface area contributed by atoms with Gasteiger partial charge in [0.1, 0.15) is 0 Å². The van der Waals surface area contributed by atoms with Crippen molar-refractivity contribution in [2.45, 2.75) is 59.3 Å². The molecule has 1 fully saturated rings. The molecule has 0 N–H and O–H groups in total. The Hall–Kier alpha value is -0.780. The van der Waals surface area contributed by atoms with E-state index < -0.39 is 0 Å². The van der Waals surface area contributed by atoms with Gasteiger partial charge in [-0.05, 0) is 24.8 Å². The summed E-state index contributed by atoms with van der Waals surface area (Å²) in [6, 6.07) is 9.06. The summed E-state index contributed by atoms with van der Waals surface area (Å²) in [5.74, 6) is 0.964. The molecule has 1 aromatic rings. The van der Waals surface area contributed by atoms with Gasteiger partial charge in [0.05, 0.1) is 0 Å². The minimum absolute atomic E-state index is 0.964. The fourth-order valence-electron chi connectivity index (χ4n) is 2.45. The predicted molar refractivity (Wildman–Crippen MR) is 72.8 cm³/mol. The molecule has 1 aliphatic rings. The first-order chi connectivity index (χ1) is 7.84. The van der Waals surface area contributed by atoms with Gasteiger partial charge >= 0.3 is 0 Å². The van der Waals surface area contributed by atoms with Gasteiger partial charge in [-0.3, -0.25) is 0 Å². The zero-order valence-electron chi connectivity index (χ0n) is 11.1. The molecule has 90 valence electrons. The summed E-state index contributed by atoms with van der Waals surface area (Å²) in [6.45, 7) is 6.16. The average molecular weight is 218 g/mol. The summed E-state index contributed by atoms with van der Waals surface area (Å²) in [6.07, 6.45) is 8.58. The van der Waals surface area contributed by atoms with Crippen LogP contribution in [0.15, 0.2) is 24.3 Å². The third kappa shape index (κ3) is 4.38. The molecule has 16 heavy (non-hydrogen) atoms. The van der Waals surface area contributed by atoms with Gasteiger partial charge in [0.25, 0.3) is 0 Å². The van der Waals surface area contributed by atoms with E-state index in [4.69, 9.17) is 0 Å². The van der Waals surface area contributed by atoms with E-state index in [1.54, 1.807) is 0 Å². The molecule has 0 saturated heterocycles. The van der Waals surface area contributed by atoms with Crippen molar-refractivity contribution < 1.29 is 0 Å². The Labute approximate surface area is 101 Å². The normalized spacial score (nSPS) is 16.4. The van der Waals surface area contributed by atoms with Crippen molar-refractivity contribution in [3.8, 4) is 0 Å². The summed E-state index contributed by atoms with van der Waals surface area (Å²) >= 11 is 0. The molecule has 0 radical (unpaired) electrons. The summed E-state index contributed by atoms with van der Waals surface area (Å²) in [5.41, 5.74) is 2.90. The van der Waals surface area contributed by atoms with Gasteiger partial charge in [-0.15, -0.1) is 0 Å². The lowest BCUT2D eigenvalue weighted by molar-refractivity contribution is 0.356. The highest BCUT2D eigenvalue weighted by Gasteiger charge is 2.13. The van der Waals surface area contributed by atoms with Crippen LogP contribution >= 0.6 is 0 Å². The largest absolute Gasteiger partial charge is 0.0683 e. The van der Waals surface area contributed by atoms with Gasteiger partial charge in [-0.25, -0.2) is 0 Å². The maximum Gasteiger partial charge on any atom is -0.0250 e. The number of rotatable bonds is 2. The molecular weight excluding hydrogens is 192 g/mol. The van der Waals surface area contributed by atoms with Crippen molar-refractivity contribution in [1.82, 2.24) is 0 Å². The van der Waals surface area contributed by atoms with Crippen molar-refractivity contribution in [2.24, 2.45) is 5.92 Å². The Kier molecular flexibility index (Phi) is 6.22. The van der Waals surface area contributed by atoms with Crippen molar-refractivity contribution >= 4 is 0 Å². The molecule has 0 heterocycles. The van der Waals surface area contributed by atoms with E-state index in [2.05, 4.69) is 31.2 Å². The first-order valence-electron chi connectivity index (χ1n) is 6.90. The minimum Gasteiger partial charge on any atom is -0.0683 e. The monoisotopic (exact) mass is 218 g/mol. The maximum absolute atomic E-state index is 2.30. The molecule has 0 aromatic heterocycles. The Morgan fingerprint density at radius 3 is 2.06 bits per heavy atom. The topological polar surface area (TPSA) is 0 Å². The second kappa shape index (κ2) is 7.49. The SMILES string of the molecule is CC.Cc1ccc(CC2CCCCC2)cc1. The van der Waals surface area contributed by atoms with E-state index >= 15 is 0 Å². The summed E-state index contributed by atoms with van der Waals surface area (Å²) in [7, 11) is 0. The molecule has 0 bridgehead atoms. The average Bonchev–Trinajstić information content (AvgIpc) is 2.36. The van der Waals surface area contributed by atoms with Crippen molar-refractivity contribution in [3.63, 3.8) is 0 Å². The van der Waals surface area contributed by atoms with Crippen molar-refractivity contribution in [2.75, 3.05) is 0 Å². The fraction of sp³-hybridized carbons (Fsp3) is 0.625. The summed E-state index contributed by atoms with van der Waals surface area (Å²) in [4.78, 5) is 0. The highest BCUT2D eigenvalue weighted by Crippen LogP contribution is 2.26. The summed E-state index contributed by atoms with van der Waals surface area (Å²) < 4.78 is 0. The van der Waals surface area contributed by atoms with E-state index in [1.807, 2.05) is 13.8 Å². The van der Waals surface area contributed by atoms with Gasteiger partial charge in [-0.1, -0.05) is 75.8 Å². The lowest BCUT2D eigenvalue weighted by Gasteiger charge is -2.21. The van der Waals surface area contributed by atoms with E-state index in [0.29, 0.717) is 0 Å². The smallest absolute Gasteiger partial charge is 0.0250 e. The Morgan fingerprint density at radius 1 is 0.938 bits per heavy atom. The van der Waals surface area contributed by atoms with Crippen molar-refractivity contribution in [1.29, 1.82) is 0 Å². The molecule has 1 saturated carbocycles. The van der Waals surface area contributed by atoms with Gasteiger partial charge in [0.2, 0.25) is 0 Å². The highest BCUT2D eigenvalue weighted by molar-refractivity contribution is 5.21. The van der Waals surface area contributed by atoms with Crippen LogP contribution in [0, 0.1) is 12.8 Å². The van der Waals surface area contributed by atoms with E-state index in [9.17, 15) is 0 Å². The molecule has 0 atom stereocenters. The fourth-order valence-corrected chi connectivity index (χ4v) is 2.45. The Balaban J connectivity index is 0.000000606. The number of benzene rings is 1. The van der Waals surface area contributed by atoms with Gasteiger partial charge < -0.3 is 0 Å². The molecule has 0 aliphatic heterocycles. The van der Waals surface area contributed by atoms with Crippen LogP contribution in [0.2, 0.25) is 0 Å². The molecule has 0 unspecified atom stereocenters. The predicted octanol–water partition coefficient (Wildman–Crippen LogP) is 5.14. The molecular formula is C16H26. The number of hydrogen-bond acceptors (Lipinski definition) is 0. The molecule has 1 aliphatic carbocycles. The molecule has 0 amide bonds. The number of aryl methyl sites for hydroxylation is 1. The van der Waals surface area contributed by atoms with Crippen molar-refractivity contribution in [3.05, 3.63) is 35.4 Å².